The summed E-state index contributed by atoms with van der Waals surface area (Å²) in [6.45, 7) is 0. The Morgan fingerprint density at radius 2 is 2.00 bits per heavy atom. The van der Waals surface area contributed by atoms with Crippen LogP contribution >= 0.6 is 0 Å². The minimum absolute atomic E-state index is 0.132. The third kappa shape index (κ3) is 2.86. The third-order valence-electron chi connectivity index (χ3n) is 3.79. The van der Waals surface area contributed by atoms with Crippen LogP contribution in [0.15, 0.2) is 59.9 Å². The van der Waals surface area contributed by atoms with Gasteiger partial charge in [-0.15, -0.1) is 10.2 Å². The predicted molar refractivity (Wildman–Crippen MR) is 93.1 cm³/mol. The molecule has 10 heteroatoms. The SMILES string of the molecule is CS(=O)(=O)c1cccc(-c2ccc(-n3cccn3)nc2)c1-c1nn[nH]n1. The molecule has 0 radical (unpaired) electrons. The molecule has 0 aliphatic rings. The van der Waals surface area contributed by atoms with E-state index in [4.69, 9.17) is 0 Å². The molecule has 3 heterocycles. The summed E-state index contributed by atoms with van der Waals surface area (Å²) in [5.74, 6) is 0.858. The van der Waals surface area contributed by atoms with Gasteiger partial charge in [0.25, 0.3) is 0 Å². The average Bonchev–Trinajstić information content (AvgIpc) is 3.34. The topological polar surface area (TPSA) is 119 Å². The van der Waals surface area contributed by atoms with Crippen molar-refractivity contribution in [1.82, 2.24) is 35.4 Å². The van der Waals surface area contributed by atoms with Crippen molar-refractivity contribution in [2.45, 2.75) is 4.90 Å². The summed E-state index contributed by atoms with van der Waals surface area (Å²) < 4.78 is 26.1. The summed E-state index contributed by atoms with van der Waals surface area (Å²) in [6, 6.07) is 10.4. The number of sulfone groups is 1. The van der Waals surface area contributed by atoms with Crippen LogP contribution in [0.3, 0.4) is 0 Å². The van der Waals surface area contributed by atoms with E-state index < -0.39 is 9.84 Å². The number of hydrogen-bond acceptors (Lipinski definition) is 7. The van der Waals surface area contributed by atoms with Crippen LogP contribution in [0.5, 0.6) is 0 Å². The lowest BCUT2D eigenvalue weighted by Crippen LogP contribution is -2.03. The molecule has 0 aliphatic heterocycles. The van der Waals surface area contributed by atoms with Gasteiger partial charge in [-0.2, -0.15) is 10.3 Å². The first kappa shape index (κ1) is 16.1. The zero-order valence-corrected chi connectivity index (χ0v) is 14.4. The molecule has 9 nitrogen and oxygen atoms in total. The maximum absolute atomic E-state index is 12.2. The van der Waals surface area contributed by atoms with Gasteiger partial charge in [-0.3, -0.25) is 0 Å². The van der Waals surface area contributed by atoms with E-state index in [0.29, 0.717) is 16.9 Å². The molecule has 0 saturated carbocycles. The van der Waals surface area contributed by atoms with Crippen molar-refractivity contribution in [3.8, 4) is 28.3 Å². The molecule has 0 unspecified atom stereocenters. The van der Waals surface area contributed by atoms with Gasteiger partial charge in [0.05, 0.1) is 4.90 Å². The summed E-state index contributed by atoms with van der Waals surface area (Å²) in [5.41, 5.74) is 1.76. The standard InChI is InChI=1S/C16H13N7O2S/c1-26(24,25)13-5-2-4-12(15(13)16-19-21-22-20-16)11-6-7-14(17-10-11)23-9-3-8-18-23/h2-10H,1H3,(H,19,20,21,22). The Morgan fingerprint density at radius 1 is 1.12 bits per heavy atom. The minimum atomic E-state index is -3.49. The zero-order chi connectivity index (χ0) is 18.1. The second-order valence-electron chi connectivity index (χ2n) is 5.54. The highest BCUT2D eigenvalue weighted by molar-refractivity contribution is 7.90. The van der Waals surface area contributed by atoms with Gasteiger partial charge in [-0.25, -0.2) is 18.1 Å². The van der Waals surface area contributed by atoms with Gasteiger partial charge in [0.2, 0.25) is 5.82 Å². The Labute approximate surface area is 148 Å². The van der Waals surface area contributed by atoms with Gasteiger partial charge < -0.3 is 0 Å². The number of aromatic amines is 1. The molecule has 0 atom stereocenters. The van der Waals surface area contributed by atoms with Gasteiger partial charge in [0.1, 0.15) is 0 Å². The van der Waals surface area contributed by atoms with Crippen molar-refractivity contribution in [1.29, 1.82) is 0 Å². The Balaban J connectivity index is 1.89. The molecule has 0 spiro atoms. The van der Waals surface area contributed by atoms with Crippen LogP contribution in [0.1, 0.15) is 0 Å². The Bertz CT molecular complexity index is 1140. The molecule has 130 valence electrons. The van der Waals surface area contributed by atoms with Crippen molar-refractivity contribution in [2.75, 3.05) is 6.26 Å². The van der Waals surface area contributed by atoms with E-state index in [0.717, 1.165) is 11.8 Å². The normalized spacial score (nSPS) is 11.6. The van der Waals surface area contributed by atoms with Crippen LogP contribution in [-0.4, -0.2) is 50.1 Å². The summed E-state index contributed by atoms with van der Waals surface area (Å²) in [5, 5.41) is 18.0. The highest BCUT2D eigenvalue weighted by Crippen LogP contribution is 2.35. The Morgan fingerprint density at radius 3 is 2.62 bits per heavy atom. The Hall–Kier alpha value is -3.40. The molecule has 3 aromatic heterocycles. The van der Waals surface area contributed by atoms with Crippen LogP contribution < -0.4 is 0 Å². The number of hydrogen-bond donors (Lipinski definition) is 1. The first-order valence-electron chi connectivity index (χ1n) is 7.57. The maximum atomic E-state index is 12.2. The molecule has 0 aliphatic carbocycles. The average molecular weight is 367 g/mol. The first-order chi connectivity index (χ1) is 12.5. The quantitative estimate of drug-likeness (QED) is 0.580. The van der Waals surface area contributed by atoms with E-state index >= 15 is 0 Å². The fraction of sp³-hybridized carbons (Fsp3) is 0.0625. The fourth-order valence-electron chi connectivity index (χ4n) is 2.66. The molecular weight excluding hydrogens is 354 g/mol. The molecule has 0 bridgehead atoms. The molecule has 0 fully saturated rings. The number of aromatic nitrogens is 7. The van der Waals surface area contributed by atoms with Crippen molar-refractivity contribution in [2.24, 2.45) is 0 Å². The Kier molecular flexibility index (Phi) is 3.81. The minimum Gasteiger partial charge on any atom is -0.236 e. The highest BCUT2D eigenvalue weighted by Gasteiger charge is 2.22. The number of H-pyrrole nitrogens is 1. The molecule has 4 aromatic rings. The molecule has 1 N–H and O–H groups in total. The van der Waals surface area contributed by atoms with Gasteiger partial charge >= 0.3 is 0 Å². The lowest BCUT2D eigenvalue weighted by Gasteiger charge is -2.11. The summed E-state index contributed by atoms with van der Waals surface area (Å²) in [6.07, 6.45) is 6.26. The second kappa shape index (κ2) is 6.15. The largest absolute Gasteiger partial charge is 0.236 e. The maximum Gasteiger partial charge on any atom is 0.206 e. The van der Waals surface area contributed by atoms with E-state index in [9.17, 15) is 8.42 Å². The molecular formula is C16H13N7O2S. The first-order valence-corrected chi connectivity index (χ1v) is 9.46. The summed E-state index contributed by atoms with van der Waals surface area (Å²) >= 11 is 0. The second-order valence-corrected chi connectivity index (χ2v) is 7.53. The number of pyridine rings is 1. The third-order valence-corrected chi connectivity index (χ3v) is 4.93. The van der Waals surface area contributed by atoms with Crippen LogP contribution in [0.25, 0.3) is 28.3 Å². The van der Waals surface area contributed by atoms with Crippen LogP contribution in [0.4, 0.5) is 0 Å². The smallest absolute Gasteiger partial charge is 0.206 e. The van der Waals surface area contributed by atoms with Crippen molar-refractivity contribution in [3.05, 3.63) is 55.0 Å². The number of nitrogens with one attached hydrogen (secondary N) is 1. The van der Waals surface area contributed by atoms with E-state index in [2.05, 4.69) is 30.7 Å². The summed E-state index contributed by atoms with van der Waals surface area (Å²) in [7, 11) is -3.49. The fourth-order valence-corrected chi connectivity index (χ4v) is 3.56. The molecule has 26 heavy (non-hydrogen) atoms. The molecule has 4 rings (SSSR count). The van der Waals surface area contributed by atoms with Crippen molar-refractivity contribution < 1.29 is 8.42 Å². The van der Waals surface area contributed by atoms with Gasteiger partial charge in [0.15, 0.2) is 15.7 Å². The van der Waals surface area contributed by atoms with Crippen LogP contribution in [-0.2, 0) is 9.84 Å². The number of benzene rings is 1. The van der Waals surface area contributed by atoms with Crippen molar-refractivity contribution in [3.63, 3.8) is 0 Å². The van der Waals surface area contributed by atoms with Crippen molar-refractivity contribution >= 4 is 9.84 Å². The van der Waals surface area contributed by atoms with E-state index in [1.165, 1.54) is 6.07 Å². The van der Waals surface area contributed by atoms with E-state index in [1.807, 2.05) is 6.07 Å². The van der Waals surface area contributed by atoms with Crippen LogP contribution in [0, 0.1) is 0 Å². The molecule has 0 amide bonds. The molecule has 0 saturated heterocycles. The van der Waals surface area contributed by atoms with Gasteiger partial charge in [0, 0.05) is 36.0 Å². The number of rotatable bonds is 4. The lowest BCUT2D eigenvalue weighted by molar-refractivity contribution is 0.602. The van der Waals surface area contributed by atoms with E-state index in [-0.39, 0.29) is 10.7 Å². The van der Waals surface area contributed by atoms with Gasteiger partial charge in [-0.1, -0.05) is 12.1 Å². The highest BCUT2D eigenvalue weighted by atomic mass is 32.2. The predicted octanol–water partition coefficient (Wildman–Crippen LogP) is 1.52. The van der Waals surface area contributed by atoms with Gasteiger partial charge in [-0.05, 0) is 35.0 Å². The lowest BCUT2D eigenvalue weighted by atomic mass is 10.0. The van der Waals surface area contributed by atoms with Crippen LogP contribution in [0.2, 0.25) is 0 Å². The molecule has 1 aromatic carbocycles. The monoisotopic (exact) mass is 367 g/mol. The summed E-state index contributed by atoms with van der Waals surface area (Å²) in [4.78, 5) is 4.53. The number of nitrogens with zero attached hydrogens (tertiary/aromatic N) is 6. The number of tetrazole rings is 1. The zero-order valence-electron chi connectivity index (χ0n) is 13.6. The van der Waals surface area contributed by atoms with E-state index in [1.54, 1.807) is 47.5 Å².